The van der Waals surface area contributed by atoms with E-state index in [9.17, 15) is 5.11 Å². The number of nitrogens with zero attached hydrogens (tertiary/aromatic N) is 1. The van der Waals surface area contributed by atoms with Crippen LogP contribution in [0.4, 0.5) is 0 Å². The van der Waals surface area contributed by atoms with E-state index in [1.807, 2.05) is 18.2 Å². The number of hydrogen-bond donors (Lipinski definition) is 2. The fourth-order valence-corrected chi connectivity index (χ4v) is 5.31. The van der Waals surface area contributed by atoms with Crippen molar-refractivity contribution in [3.8, 4) is 0 Å². The Hall–Kier alpha value is -0.550. The van der Waals surface area contributed by atoms with Crippen LogP contribution in [0.25, 0.3) is 0 Å². The maximum absolute atomic E-state index is 10.6. The molecule has 0 amide bonds. The topological polar surface area (TPSA) is 49.5 Å². The van der Waals surface area contributed by atoms with E-state index in [4.69, 9.17) is 5.73 Å². The van der Waals surface area contributed by atoms with Gasteiger partial charge in [0, 0.05) is 35.8 Å². The molecule has 2 fully saturated rings. The second-order valence-electron chi connectivity index (χ2n) is 7.70. The van der Waals surface area contributed by atoms with Gasteiger partial charge in [0.2, 0.25) is 0 Å². The van der Waals surface area contributed by atoms with Crippen molar-refractivity contribution in [3.05, 3.63) is 30.3 Å². The summed E-state index contributed by atoms with van der Waals surface area (Å²) < 4.78 is 0. The van der Waals surface area contributed by atoms with E-state index in [0.717, 1.165) is 30.7 Å². The largest absolute Gasteiger partial charge is 0.390 e. The summed E-state index contributed by atoms with van der Waals surface area (Å²) >= 11 is 1.73. The van der Waals surface area contributed by atoms with Crippen LogP contribution in [0.2, 0.25) is 0 Å². The average molecular weight is 349 g/mol. The minimum Gasteiger partial charge on any atom is -0.390 e. The van der Waals surface area contributed by atoms with Crippen molar-refractivity contribution < 1.29 is 5.11 Å². The summed E-state index contributed by atoms with van der Waals surface area (Å²) in [6, 6.07) is 10.7. The van der Waals surface area contributed by atoms with Crippen molar-refractivity contribution in [3.63, 3.8) is 0 Å². The Balaban J connectivity index is 1.47. The molecule has 0 aromatic heterocycles. The highest BCUT2D eigenvalue weighted by Gasteiger charge is 2.35. The molecule has 1 aromatic rings. The number of piperidine rings is 1. The van der Waals surface area contributed by atoms with Crippen LogP contribution in [0.1, 0.15) is 39.0 Å². The van der Waals surface area contributed by atoms with Crippen molar-refractivity contribution in [1.82, 2.24) is 4.90 Å². The summed E-state index contributed by atoms with van der Waals surface area (Å²) in [5.41, 5.74) is 6.26. The first-order chi connectivity index (χ1) is 11.6. The molecule has 4 heteroatoms. The number of β-amino-alcohol motifs (C(OH)–C–C–N with tert-alkyl or cyclic N) is 1. The summed E-state index contributed by atoms with van der Waals surface area (Å²) in [5.74, 6) is 2.53. The van der Waals surface area contributed by atoms with Crippen molar-refractivity contribution in [2.45, 2.75) is 62.1 Å². The van der Waals surface area contributed by atoms with E-state index in [1.54, 1.807) is 11.8 Å². The molecular formula is C20H32N2OS. The predicted octanol–water partition coefficient (Wildman–Crippen LogP) is 3.37. The van der Waals surface area contributed by atoms with Crippen LogP contribution in [0.5, 0.6) is 0 Å². The summed E-state index contributed by atoms with van der Waals surface area (Å²) in [6.07, 6.45) is 6.45. The normalized spacial score (nSPS) is 30.5. The molecule has 5 atom stereocenters. The SMILES string of the molecule is C[C@@H]1CC2CCCCC2CN1CC(O)[C@@H](N)CSc1ccccc1. The third-order valence-electron chi connectivity index (χ3n) is 5.90. The van der Waals surface area contributed by atoms with E-state index in [-0.39, 0.29) is 6.04 Å². The van der Waals surface area contributed by atoms with Gasteiger partial charge in [-0.15, -0.1) is 11.8 Å². The van der Waals surface area contributed by atoms with Gasteiger partial charge < -0.3 is 10.8 Å². The van der Waals surface area contributed by atoms with Crippen LogP contribution >= 0.6 is 11.8 Å². The lowest BCUT2D eigenvalue weighted by Crippen LogP contribution is -2.52. The number of aliphatic hydroxyl groups is 1. The van der Waals surface area contributed by atoms with E-state index < -0.39 is 6.10 Å². The third kappa shape index (κ3) is 4.75. The number of hydrogen-bond acceptors (Lipinski definition) is 4. The lowest BCUT2D eigenvalue weighted by molar-refractivity contribution is 0.00907. The van der Waals surface area contributed by atoms with Crippen LogP contribution in [-0.4, -0.2) is 47.0 Å². The van der Waals surface area contributed by atoms with E-state index in [2.05, 4.69) is 24.0 Å². The summed E-state index contributed by atoms with van der Waals surface area (Å²) in [6.45, 7) is 4.20. The molecule has 1 aliphatic heterocycles. The van der Waals surface area contributed by atoms with Crippen LogP contribution in [-0.2, 0) is 0 Å². The zero-order valence-corrected chi connectivity index (χ0v) is 15.6. The fourth-order valence-electron chi connectivity index (χ4n) is 4.35. The molecule has 3 nitrogen and oxygen atoms in total. The van der Waals surface area contributed by atoms with Crippen LogP contribution in [0.3, 0.4) is 0 Å². The van der Waals surface area contributed by atoms with Crippen LogP contribution < -0.4 is 5.73 Å². The minimum atomic E-state index is -0.441. The lowest BCUT2D eigenvalue weighted by Gasteiger charge is -2.46. The van der Waals surface area contributed by atoms with E-state index in [1.165, 1.54) is 37.0 Å². The molecule has 1 saturated carbocycles. The monoisotopic (exact) mass is 348 g/mol. The highest BCUT2D eigenvalue weighted by atomic mass is 32.2. The molecule has 1 aromatic carbocycles. The highest BCUT2D eigenvalue weighted by molar-refractivity contribution is 7.99. The van der Waals surface area contributed by atoms with E-state index in [0.29, 0.717) is 6.04 Å². The van der Waals surface area contributed by atoms with Crippen molar-refractivity contribution in [2.75, 3.05) is 18.8 Å². The number of thioether (sulfide) groups is 1. The molecule has 2 aliphatic rings. The summed E-state index contributed by atoms with van der Waals surface area (Å²) in [5, 5.41) is 10.6. The van der Waals surface area contributed by atoms with Gasteiger partial charge in [0.1, 0.15) is 0 Å². The van der Waals surface area contributed by atoms with Crippen molar-refractivity contribution in [2.24, 2.45) is 17.6 Å². The van der Waals surface area contributed by atoms with Crippen LogP contribution in [0, 0.1) is 11.8 Å². The Morgan fingerprint density at radius 3 is 2.67 bits per heavy atom. The molecule has 134 valence electrons. The summed E-state index contributed by atoms with van der Waals surface area (Å²) in [7, 11) is 0. The Morgan fingerprint density at radius 2 is 1.92 bits per heavy atom. The van der Waals surface area contributed by atoms with Gasteiger partial charge in [-0.05, 0) is 43.7 Å². The predicted molar refractivity (Wildman–Crippen MR) is 102 cm³/mol. The zero-order chi connectivity index (χ0) is 16.9. The number of nitrogens with two attached hydrogens (primary N) is 1. The molecule has 0 spiro atoms. The van der Waals surface area contributed by atoms with Gasteiger partial charge >= 0.3 is 0 Å². The first kappa shape index (κ1) is 18.2. The van der Waals surface area contributed by atoms with Gasteiger partial charge in [0.25, 0.3) is 0 Å². The maximum atomic E-state index is 10.6. The first-order valence-electron chi connectivity index (χ1n) is 9.49. The Bertz CT molecular complexity index is 498. The lowest BCUT2D eigenvalue weighted by atomic mass is 9.73. The Kier molecular flexibility index (Phi) is 6.62. The maximum Gasteiger partial charge on any atom is 0.0826 e. The van der Waals surface area contributed by atoms with Gasteiger partial charge in [-0.3, -0.25) is 4.90 Å². The van der Waals surface area contributed by atoms with E-state index >= 15 is 0 Å². The molecule has 3 rings (SSSR count). The van der Waals surface area contributed by atoms with Gasteiger partial charge in [-0.25, -0.2) is 0 Å². The number of fused-ring (bicyclic) bond motifs is 1. The molecule has 1 saturated heterocycles. The van der Waals surface area contributed by atoms with Crippen LogP contribution in [0.15, 0.2) is 35.2 Å². The molecule has 0 bridgehead atoms. The minimum absolute atomic E-state index is 0.175. The molecule has 0 radical (unpaired) electrons. The number of aliphatic hydroxyl groups excluding tert-OH is 1. The molecule has 24 heavy (non-hydrogen) atoms. The van der Waals surface area contributed by atoms with Crippen molar-refractivity contribution >= 4 is 11.8 Å². The molecule has 1 heterocycles. The number of benzene rings is 1. The van der Waals surface area contributed by atoms with Gasteiger partial charge in [0.15, 0.2) is 0 Å². The third-order valence-corrected chi connectivity index (χ3v) is 7.06. The first-order valence-corrected chi connectivity index (χ1v) is 10.5. The quantitative estimate of drug-likeness (QED) is 0.774. The second-order valence-corrected chi connectivity index (χ2v) is 8.79. The Morgan fingerprint density at radius 1 is 1.21 bits per heavy atom. The molecule has 3 N–H and O–H groups in total. The second kappa shape index (κ2) is 8.70. The fraction of sp³-hybridized carbons (Fsp3) is 0.700. The summed E-state index contributed by atoms with van der Waals surface area (Å²) in [4.78, 5) is 3.71. The smallest absolute Gasteiger partial charge is 0.0826 e. The highest BCUT2D eigenvalue weighted by Crippen LogP contribution is 2.38. The van der Waals surface area contributed by atoms with Gasteiger partial charge in [-0.2, -0.15) is 0 Å². The molecular weight excluding hydrogens is 316 g/mol. The number of likely N-dealkylation sites (tertiary alicyclic amines) is 1. The zero-order valence-electron chi connectivity index (χ0n) is 14.8. The van der Waals surface area contributed by atoms with Crippen molar-refractivity contribution in [1.29, 1.82) is 0 Å². The standard InChI is InChI=1S/C20H32N2OS/c1-15-11-16-7-5-6-8-17(16)12-22(15)13-20(23)19(21)14-24-18-9-3-2-4-10-18/h2-4,9-10,15-17,19-20,23H,5-8,11-14,21H2,1H3/t15-,16?,17?,19+,20?/m1/s1. The number of rotatable bonds is 6. The average Bonchev–Trinajstić information content (AvgIpc) is 2.61. The van der Waals surface area contributed by atoms with Gasteiger partial charge in [-0.1, -0.05) is 37.5 Å². The van der Waals surface area contributed by atoms with Gasteiger partial charge in [0.05, 0.1) is 6.10 Å². The molecule has 3 unspecified atom stereocenters. The molecule has 1 aliphatic carbocycles. The Labute approximate surface area is 151 Å².